The number of nitrogens with zero attached hydrogens (tertiary/aromatic N) is 6. The van der Waals surface area contributed by atoms with Crippen LogP contribution >= 0.6 is 11.8 Å². The molecule has 0 spiro atoms. The number of thioether (sulfide) groups is 1. The van der Waals surface area contributed by atoms with Crippen LogP contribution in [0, 0.1) is 0 Å². The fourth-order valence-corrected chi connectivity index (χ4v) is 3.56. The van der Waals surface area contributed by atoms with E-state index in [2.05, 4.69) is 32.6 Å². The van der Waals surface area contributed by atoms with Gasteiger partial charge in [0.2, 0.25) is 0 Å². The molecule has 0 N–H and O–H groups in total. The molecule has 4 rings (SSSR count). The summed E-state index contributed by atoms with van der Waals surface area (Å²) in [7, 11) is 0. The Kier molecular flexibility index (Phi) is 4.97. The number of benzene rings is 2. The molecule has 0 saturated carbocycles. The van der Waals surface area contributed by atoms with Gasteiger partial charge >= 0.3 is 0 Å². The van der Waals surface area contributed by atoms with E-state index >= 15 is 0 Å². The maximum atomic E-state index is 11.4. The minimum atomic E-state index is 0.109. The van der Waals surface area contributed by atoms with Crippen LogP contribution in [0.1, 0.15) is 18.3 Å². The Morgan fingerprint density at radius 1 is 0.963 bits per heavy atom. The van der Waals surface area contributed by atoms with E-state index in [1.807, 2.05) is 51.7 Å². The molecule has 0 amide bonds. The quantitative estimate of drug-likeness (QED) is 0.460. The van der Waals surface area contributed by atoms with Gasteiger partial charge < -0.3 is 0 Å². The van der Waals surface area contributed by atoms with E-state index in [0.717, 1.165) is 27.6 Å². The number of fused-ring (bicyclic) bond motifs is 1. The van der Waals surface area contributed by atoms with Gasteiger partial charge in [-0.25, -0.2) is 4.68 Å². The maximum absolute atomic E-state index is 11.4. The van der Waals surface area contributed by atoms with Gasteiger partial charge in [-0.3, -0.25) is 9.36 Å². The lowest BCUT2D eigenvalue weighted by Gasteiger charge is -2.10. The van der Waals surface area contributed by atoms with Crippen LogP contribution in [-0.4, -0.2) is 41.3 Å². The van der Waals surface area contributed by atoms with Gasteiger partial charge in [0, 0.05) is 0 Å². The SMILES string of the molecule is CC(=O)CSc1nnc(Cn2nnc3ccccc32)n1Cc1ccccc1. The number of carbonyl (C=O) groups is 1. The molecule has 136 valence electrons. The highest BCUT2D eigenvalue weighted by Gasteiger charge is 2.16. The first-order chi connectivity index (χ1) is 13.2. The summed E-state index contributed by atoms with van der Waals surface area (Å²) in [6.45, 7) is 2.67. The number of rotatable bonds is 7. The van der Waals surface area contributed by atoms with Gasteiger partial charge in [0.1, 0.15) is 17.8 Å². The minimum Gasteiger partial charge on any atom is -0.300 e. The zero-order valence-electron chi connectivity index (χ0n) is 14.8. The predicted octanol–water partition coefficient (Wildman–Crippen LogP) is 2.80. The molecule has 27 heavy (non-hydrogen) atoms. The lowest BCUT2D eigenvalue weighted by molar-refractivity contribution is -0.114. The van der Waals surface area contributed by atoms with Crippen LogP contribution in [0.4, 0.5) is 0 Å². The summed E-state index contributed by atoms with van der Waals surface area (Å²) in [6.07, 6.45) is 0. The molecule has 2 aromatic heterocycles. The maximum Gasteiger partial charge on any atom is 0.192 e. The standard InChI is InChI=1S/C19H18N6OS/c1-14(26)13-27-19-22-21-18(24(19)11-15-7-3-2-4-8-15)12-25-17-10-6-5-9-16(17)20-23-25/h2-10H,11-13H2,1H3. The highest BCUT2D eigenvalue weighted by Crippen LogP contribution is 2.20. The number of Topliss-reactive ketones (excluding diaryl/α,β-unsaturated/α-hetero) is 1. The van der Waals surface area contributed by atoms with Gasteiger partial charge in [0.25, 0.3) is 0 Å². The molecule has 0 unspecified atom stereocenters. The summed E-state index contributed by atoms with van der Waals surface area (Å²) in [5.74, 6) is 1.26. The lowest BCUT2D eigenvalue weighted by atomic mass is 10.2. The first kappa shape index (κ1) is 17.4. The molecule has 4 aromatic rings. The molecule has 2 aromatic carbocycles. The number of aromatic nitrogens is 6. The third kappa shape index (κ3) is 3.90. The Labute approximate surface area is 160 Å². The van der Waals surface area contributed by atoms with Crippen LogP contribution in [0.25, 0.3) is 11.0 Å². The van der Waals surface area contributed by atoms with Gasteiger partial charge in [-0.2, -0.15) is 0 Å². The molecule has 0 fully saturated rings. The monoisotopic (exact) mass is 378 g/mol. The van der Waals surface area contributed by atoms with Crippen LogP contribution in [0.5, 0.6) is 0 Å². The Morgan fingerprint density at radius 2 is 1.74 bits per heavy atom. The smallest absolute Gasteiger partial charge is 0.192 e. The number of hydrogen-bond acceptors (Lipinski definition) is 6. The fourth-order valence-electron chi connectivity index (χ4n) is 2.80. The molecular weight excluding hydrogens is 360 g/mol. The van der Waals surface area contributed by atoms with Crippen molar-refractivity contribution in [2.75, 3.05) is 5.75 Å². The Balaban J connectivity index is 1.67. The second kappa shape index (κ2) is 7.71. The van der Waals surface area contributed by atoms with Crippen molar-refractivity contribution >= 4 is 28.6 Å². The molecule has 7 nitrogen and oxygen atoms in total. The molecular formula is C19H18N6OS. The first-order valence-electron chi connectivity index (χ1n) is 8.57. The second-order valence-electron chi connectivity index (χ2n) is 6.20. The zero-order chi connectivity index (χ0) is 18.6. The molecule has 8 heteroatoms. The average Bonchev–Trinajstić information content (AvgIpc) is 3.26. The predicted molar refractivity (Wildman–Crippen MR) is 104 cm³/mol. The summed E-state index contributed by atoms with van der Waals surface area (Å²) in [5.41, 5.74) is 2.94. The molecule has 0 aliphatic heterocycles. The summed E-state index contributed by atoms with van der Waals surface area (Å²) in [5, 5.41) is 17.8. The van der Waals surface area contributed by atoms with Crippen molar-refractivity contribution < 1.29 is 4.79 Å². The van der Waals surface area contributed by atoms with E-state index in [1.54, 1.807) is 6.92 Å². The van der Waals surface area contributed by atoms with Crippen molar-refractivity contribution in [1.82, 2.24) is 29.8 Å². The second-order valence-corrected chi connectivity index (χ2v) is 7.14. The van der Waals surface area contributed by atoms with Gasteiger partial charge in [-0.1, -0.05) is 59.4 Å². The van der Waals surface area contributed by atoms with Gasteiger partial charge in [0.15, 0.2) is 11.0 Å². The summed E-state index contributed by atoms with van der Waals surface area (Å²) in [4.78, 5) is 11.4. The molecule has 0 radical (unpaired) electrons. The van der Waals surface area contributed by atoms with Crippen LogP contribution in [-0.2, 0) is 17.9 Å². The third-order valence-electron chi connectivity index (χ3n) is 4.09. The van der Waals surface area contributed by atoms with Crippen molar-refractivity contribution in [2.45, 2.75) is 25.2 Å². The van der Waals surface area contributed by atoms with E-state index in [0.29, 0.717) is 18.8 Å². The largest absolute Gasteiger partial charge is 0.300 e. The Bertz CT molecular complexity index is 1070. The van der Waals surface area contributed by atoms with Crippen LogP contribution in [0.15, 0.2) is 59.8 Å². The average molecular weight is 378 g/mol. The van der Waals surface area contributed by atoms with Crippen molar-refractivity contribution in [2.24, 2.45) is 0 Å². The van der Waals surface area contributed by atoms with E-state index in [4.69, 9.17) is 0 Å². The van der Waals surface area contributed by atoms with Crippen LogP contribution < -0.4 is 0 Å². The number of hydrogen-bond donors (Lipinski definition) is 0. The minimum absolute atomic E-state index is 0.109. The third-order valence-corrected chi connectivity index (χ3v) is 5.20. The molecule has 0 aliphatic carbocycles. The first-order valence-corrected chi connectivity index (χ1v) is 9.56. The van der Waals surface area contributed by atoms with Gasteiger partial charge in [-0.15, -0.1) is 15.3 Å². The highest BCUT2D eigenvalue weighted by molar-refractivity contribution is 7.99. The molecule has 2 heterocycles. The van der Waals surface area contributed by atoms with Crippen molar-refractivity contribution in [1.29, 1.82) is 0 Å². The molecule has 0 atom stereocenters. The van der Waals surface area contributed by atoms with Crippen molar-refractivity contribution in [3.8, 4) is 0 Å². The van der Waals surface area contributed by atoms with Gasteiger partial charge in [-0.05, 0) is 24.6 Å². The topological polar surface area (TPSA) is 78.5 Å². The summed E-state index contributed by atoms with van der Waals surface area (Å²) < 4.78 is 3.86. The zero-order valence-corrected chi connectivity index (χ0v) is 15.6. The van der Waals surface area contributed by atoms with E-state index in [1.165, 1.54) is 11.8 Å². The highest BCUT2D eigenvalue weighted by atomic mass is 32.2. The van der Waals surface area contributed by atoms with E-state index in [9.17, 15) is 4.79 Å². The van der Waals surface area contributed by atoms with Crippen LogP contribution in [0.3, 0.4) is 0 Å². The Morgan fingerprint density at radius 3 is 2.56 bits per heavy atom. The van der Waals surface area contributed by atoms with Gasteiger partial charge in [0.05, 0.1) is 17.8 Å². The van der Waals surface area contributed by atoms with E-state index in [-0.39, 0.29) is 5.78 Å². The van der Waals surface area contributed by atoms with Crippen molar-refractivity contribution in [3.05, 3.63) is 66.0 Å². The van der Waals surface area contributed by atoms with E-state index < -0.39 is 0 Å². The normalized spacial score (nSPS) is 11.1. The van der Waals surface area contributed by atoms with Crippen LogP contribution in [0.2, 0.25) is 0 Å². The molecule has 0 bridgehead atoms. The number of para-hydroxylation sites is 1. The lowest BCUT2D eigenvalue weighted by Crippen LogP contribution is -2.12. The summed E-state index contributed by atoms with van der Waals surface area (Å²) >= 11 is 1.41. The fraction of sp³-hybridized carbons (Fsp3) is 0.211. The molecule has 0 aliphatic rings. The van der Waals surface area contributed by atoms with Crippen molar-refractivity contribution in [3.63, 3.8) is 0 Å². The summed E-state index contributed by atoms with van der Waals surface area (Å²) in [6, 6.07) is 18.0. The number of ketones is 1. The number of carbonyl (C=O) groups excluding carboxylic acids is 1. The molecule has 0 saturated heterocycles. The Hall–Kier alpha value is -3.00.